The van der Waals surface area contributed by atoms with Gasteiger partial charge in [0.1, 0.15) is 0 Å². The summed E-state index contributed by atoms with van der Waals surface area (Å²) in [4.78, 5) is 17.7. The normalized spacial score (nSPS) is 15.1. The smallest absolute Gasteiger partial charge is 0.336 e. The van der Waals surface area contributed by atoms with Gasteiger partial charge in [-0.1, -0.05) is 25.1 Å². The molecule has 5 nitrogen and oxygen atoms in total. The molecule has 1 aliphatic heterocycles. The summed E-state index contributed by atoms with van der Waals surface area (Å²) in [5.74, 6) is -0.896. The van der Waals surface area contributed by atoms with Crippen molar-refractivity contribution in [2.24, 2.45) is 0 Å². The lowest BCUT2D eigenvalue weighted by atomic mass is 9.97. The minimum absolute atomic E-state index is 0.227. The number of aromatic carboxylic acids is 1. The minimum atomic E-state index is -0.896. The fourth-order valence-electron chi connectivity index (χ4n) is 4.13. The maximum absolute atomic E-state index is 11.4. The molecule has 0 amide bonds. The van der Waals surface area contributed by atoms with Crippen molar-refractivity contribution in [2.45, 2.75) is 38.8 Å². The third kappa shape index (κ3) is 4.07. The van der Waals surface area contributed by atoms with Crippen molar-refractivity contribution in [1.82, 2.24) is 10.3 Å². The van der Waals surface area contributed by atoms with Crippen LogP contribution in [-0.4, -0.2) is 23.1 Å². The van der Waals surface area contributed by atoms with Gasteiger partial charge in [-0.2, -0.15) is 0 Å². The van der Waals surface area contributed by atoms with E-state index >= 15 is 0 Å². The van der Waals surface area contributed by atoms with E-state index in [0.29, 0.717) is 12.0 Å². The molecule has 0 bridgehead atoms. The number of aromatic nitrogens is 1. The summed E-state index contributed by atoms with van der Waals surface area (Å²) in [6, 6.07) is 17.1. The van der Waals surface area contributed by atoms with E-state index in [-0.39, 0.29) is 6.04 Å². The summed E-state index contributed by atoms with van der Waals surface area (Å²) >= 11 is 0. The number of aryl methyl sites for hydroxylation is 2. The van der Waals surface area contributed by atoms with Crippen LogP contribution in [0.3, 0.4) is 0 Å². The van der Waals surface area contributed by atoms with E-state index in [9.17, 15) is 9.90 Å². The molecule has 5 heteroatoms. The molecule has 0 saturated heterocycles. The topological polar surface area (TPSA) is 65.5 Å². The number of fused-ring (bicyclic) bond motifs is 1. The number of benzene rings is 2. The van der Waals surface area contributed by atoms with Crippen LogP contribution in [0.15, 0.2) is 60.9 Å². The van der Waals surface area contributed by atoms with E-state index in [2.05, 4.69) is 71.6 Å². The Morgan fingerprint density at radius 1 is 1.17 bits per heavy atom. The SMILES string of the molecule is CCc1ccc(N(C)c2ccc3c(c2)CN[C@H]3CCc2cnccc2C(=O)O)cc1. The lowest BCUT2D eigenvalue weighted by Gasteiger charge is -2.21. The first-order valence-electron chi connectivity index (χ1n) is 10.4. The zero-order valence-electron chi connectivity index (χ0n) is 17.4. The van der Waals surface area contributed by atoms with E-state index in [1.54, 1.807) is 12.3 Å². The highest BCUT2D eigenvalue weighted by molar-refractivity contribution is 5.89. The number of carboxylic acids is 1. The van der Waals surface area contributed by atoms with E-state index in [4.69, 9.17) is 0 Å². The van der Waals surface area contributed by atoms with Gasteiger partial charge in [0.05, 0.1) is 5.56 Å². The molecule has 2 aromatic carbocycles. The Kier molecular flexibility index (Phi) is 5.81. The predicted molar refractivity (Wildman–Crippen MR) is 119 cm³/mol. The molecule has 1 aromatic heterocycles. The molecule has 0 fully saturated rings. The molecular formula is C25H27N3O2. The van der Waals surface area contributed by atoms with Gasteiger partial charge < -0.3 is 15.3 Å². The number of rotatable bonds is 7. The minimum Gasteiger partial charge on any atom is -0.478 e. The Hall–Kier alpha value is -3.18. The first-order chi connectivity index (χ1) is 14.6. The van der Waals surface area contributed by atoms with E-state index < -0.39 is 5.97 Å². The van der Waals surface area contributed by atoms with Crippen molar-refractivity contribution in [3.8, 4) is 0 Å². The molecule has 0 spiro atoms. The molecule has 1 aliphatic rings. The summed E-state index contributed by atoms with van der Waals surface area (Å²) < 4.78 is 0. The lowest BCUT2D eigenvalue weighted by molar-refractivity contribution is 0.0695. The summed E-state index contributed by atoms with van der Waals surface area (Å²) in [7, 11) is 2.10. The van der Waals surface area contributed by atoms with E-state index in [0.717, 1.165) is 24.9 Å². The highest BCUT2D eigenvalue weighted by Crippen LogP contribution is 2.33. The van der Waals surface area contributed by atoms with Crippen molar-refractivity contribution < 1.29 is 9.90 Å². The van der Waals surface area contributed by atoms with Gasteiger partial charge in [-0.25, -0.2) is 4.79 Å². The molecular weight excluding hydrogens is 374 g/mol. The standard InChI is InChI=1S/C25H27N3O2/c1-3-17-4-7-20(8-5-17)28(2)21-9-10-22-19(14-21)16-27-24(22)11-6-18-15-26-13-12-23(18)25(29)30/h4-5,7-10,12-15,24,27H,3,6,11,16H2,1-2H3,(H,29,30)/t24-/m0/s1. The quantitative estimate of drug-likeness (QED) is 0.590. The maximum Gasteiger partial charge on any atom is 0.336 e. The van der Waals surface area contributed by atoms with Crippen LogP contribution in [0.5, 0.6) is 0 Å². The molecule has 1 atom stereocenters. The zero-order valence-corrected chi connectivity index (χ0v) is 17.4. The average Bonchev–Trinajstić information content (AvgIpc) is 3.19. The van der Waals surface area contributed by atoms with Crippen LogP contribution in [-0.2, 0) is 19.4 Å². The Morgan fingerprint density at radius 2 is 1.93 bits per heavy atom. The van der Waals surface area contributed by atoms with Gasteiger partial charge in [-0.05, 0) is 71.8 Å². The Balaban J connectivity index is 1.48. The first kappa shape index (κ1) is 20.1. The number of carboxylic acid groups (broad SMARTS) is 1. The van der Waals surface area contributed by atoms with Crippen LogP contribution in [0.25, 0.3) is 0 Å². The fraction of sp³-hybridized carbons (Fsp3) is 0.280. The molecule has 2 N–H and O–H groups in total. The third-order valence-corrected chi connectivity index (χ3v) is 6.00. The van der Waals surface area contributed by atoms with Gasteiger partial charge in [0, 0.05) is 43.4 Å². The van der Waals surface area contributed by atoms with Gasteiger partial charge in [0.2, 0.25) is 0 Å². The number of carbonyl (C=O) groups is 1. The van der Waals surface area contributed by atoms with Crippen molar-refractivity contribution in [3.05, 3.63) is 88.7 Å². The molecule has 0 radical (unpaired) electrons. The number of hydrogen-bond donors (Lipinski definition) is 2. The molecule has 4 rings (SSSR count). The third-order valence-electron chi connectivity index (χ3n) is 6.00. The van der Waals surface area contributed by atoms with Crippen LogP contribution < -0.4 is 10.2 Å². The highest BCUT2D eigenvalue weighted by Gasteiger charge is 2.23. The van der Waals surface area contributed by atoms with Crippen LogP contribution in [0.2, 0.25) is 0 Å². The number of nitrogens with one attached hydrogen (secondary N) is 1. The monoisotopic (exact) mass is 401 g/mol. The highest BCUT2D eigenvalue weighted by atomic mass is 16.4. The van der Waals surface area contributed by atoms with Crippen LogP contribution >= 0.6 is 0 Å². The van der Waals surface area contributed by atoms with Gasteiger partial charge in [-0.15, -0.1) is 0 Å². The number of anilines is 2. The Labute approximate surface area is 177 Å². The van der Waals surface area contributed by atoms with Gasteiger partial charge in [-0.3, -0.25) is 4.98 Å². The molecule has 0 unspecified atom stereocenters. The predicted octanol–water partition coefficient (Wildman–Crippen LogP) is 4.89. The van der Waals surface area contributed by atoms with Crippen LogP contribution in [0.4, 0.5) is 11.4 Å². The lowest BCUT2D eigenvalue weighted by Crippen LogP contribution is -2.14. The van der Waals surface area contributed by atoms with Gasteiger partial charge in [0.25, 0.3) is 0 Å². The van der Waals surface area contributed by atoms with Crippen molar-refractivity contribution >= 4 is 17.3 Å². The molecule has 0 aliphatic carbocycles. The molecule has 2 heterocycles. The van der Waals surface area contributed by atoms with Crippen molar-refractivity contribution in [1.29, 1.82) is 0 Å². The zero-order chi connectivity index (χ0) is 21.1. The maximum atomic E-state index is 11.4. The van der Waals surface area contributed by atoms with Crippen molar-refractivity contribution in [2.75, 3.05) is 11.9 Å². The fourth-order valence-corrected chi connectivity index (χ4v) is 4.13. The first-order valence-corrected chi connectivity index (χ1v) is 10.4. The number of pyridine rings is 1. The summed E-state index contributed by atoms with van der Waals surface area (Å²) in [6.45, 7) is 2.99. The second-order valence-corrected chi connectivity index (χ2v) is 7.77. The van der Waals surface area contributed by atoms with Gasteiger partial charge in [0.15, 0.2) is 0 Å². The molecule has 30 heavy (non-hydrogen) atoms. The van der Waals surface area contributed by atoms with Crippen molar-refractivity contribution in [3.63, 3.8) is 0 Å². The summed E-state index contributed by atoms with van der Waals surface area (Å²) in [6.07, 6.45) is 5.76. The van der Waals surface area contributed by atoms with Crippen LogP contribution in [0, 0.1) is 0 Å². The number of hydrogen-bond acceptors (Lipinski definition) is 4. The van der Waals surface area contributed by atoms with E-state index in [1.807, 2.05) is 0 Å². The average molecular weight is 402 g/mol. The largest absolute Gasteiger partial charge is 0.478 e. The Morgan fingerprint density at radius 3 is 2.67 bits per heavy atom. The van der Waals surface area contributed by atoms with Crippen LogP contribution in [0.1, 0.15) is 52.0 Å². The molecule has 0 saturated carbocycles. The Bertz CT molecular complexity index is 1050. The second kappa shape index (κ2) is 8.67. The second-order valence-electron chi connectivity index (χ2n) is 7.77. The van der Waals surface area contributed by atoms with Gasteiger partial charge >= 0.3 is 5.97 Å². The number of nitrogens with zero attached hydrogens (tertiary/aromatic N) is 2. The molecule has 154 valence electrons. The van der Waals surface area contributed by atoms with E-state index in [1.165, 1.54) is 34.3 Å². The molecule has 3 aromatic rings. The summed E-state index contributed by atoms with van der Waals surface area (Å²) in [5.41, 5.74) is 7.41. The summed E-state index contributed by atoms with van der Waals surface area (Å²) in [5, 5.41) is 12.9.